The van der Waals surface area contributed by atoms with Crippen LogP contribution in [-0.2, 0) is 0 Å². The fourth-order valence-corrected chi connectivity index (χ4v) is 4.11. The van der Waals surface area contributed by atoms with Crippen molar-refractivity contribution >= 4 is 0 Å². The van der Waals surface area contributed by atoms with E-state index < -0.39 is 0 Å². The maximum Gasteiger partial charge on any atom is 0.0192 e. The minimum Gasteiger partial charge on any atom is -0.312 e. The minimum atomic E-state index is 0.708. The summed E-state index contributed by atoms with van der Waals surface area (Å²) < 4.78 is 0. The van der Waals surface area contributed by atoms with Crippen LogP contribution in [-0.4, -0.2) is 36.6 Å². The van der Waals surface area contributed by atoms with E-state index in [1.54, 1.807) is 0 Å². The fourth-order valence-electron chi connectivity index (χ4n) is 4.11. The third-order valence-corrected chi connectivity index (χ3v) is 5.83. The first-order valence-electron chi connectivity index (χ1n) is 8.66. The van der Waals surface area contributed by atoms with Gasteiger partial charge in [-0.2, -0.15) is 0 Å². The predicted molar refractivity (Wildman–Crippen MR) is 83.5 cm³/mol. The first kappa shape index (κ1) is 15.3. The predicted octanol–water partition coefficient (Wildman–Crippen LogP) is 3.81. The van der Waals surface area contributed by atoms with E-state index in [1.165, 1.54) is 71.0 Å². The van der Waals surface area contributed by atoms with Crippen LogP contribution in [0.5, 0.6) is 0 Å². The van der Waals surface area contributed by atoms with Gasteiger partial charge in [-0.15, -0.1) is 0 Å². The molecule has 1 atom stereocenters. The molecule has 1 spiro atoms. The molecule has 19 heavy (non-hydrogen) atoms. The van der Waals surface area contributed by atoms with Crippen LogP contribution in [0.3, 0.4) is 0 Å². The van der Waals surface area contributed by atoms with E-state index in [4.69, 9.17) is 0 Å². The molecule has 2 fully saturated rings. The Kier molecular flexibility index (Phi) is 5.70. The average molecular weight is 266 g/mol. The van der Waals surface area contributed by atoms with Crippen LogP contribution < -0.4 is 5.32 Å². The molecule has 2 heteroatoms. The molecule has 1 saturated carbocycles. The Hall–Kier alpha value is -0.0800. The second-order valence-corrected chi connectivity index (χ2v) is 7.01. The monoisotopic (exact) mass is 266 g/mol. The van der Waals surface area contributed by atoms with Crippen LogP contribution in [0, 0.1) is 5.41 Å². The second-order valence-electron chi connectivity index (χ2n) is 7.01. The molecule has 1 aliphatic heterocycles. The van der Waals surface area contributed by atoms with E-state index in [0.29, 0.717) is 12.1 Å². The van der Waals surface area contributed by atoms with Gasteiger partial charge in [-0.05, 0) is 64.0 Å². The highest BCUT2D eigenvalue weighted by Gasteiger charge is 2.37. The number of nitrogens with zero attached hydrogens (tertiary/aromatic N) is 1. The minimum absolute atomic E-state index is 0.708. The van der Waals surface area contributed by atoms with E-state index in [-0.39, 0.29) is 0 Å². The van der Waals surface area contributed by atoms with Gasteiger partial charge in [0.1, 0.15) is 0 Å². The Morgan fingerprint density at radius 1 is 1.00 bits per heavy atom. The number of hydrogen-bond donors (Lipinski definition) is 1. The second kappa shape index (κ2) is 7.08. The molecule has 2 rings (SSSR count). The van der Waals surface area contributed by atoms with Crippen molar-refractivity contribution in [1.82, 2.24) is 10.2 Å². The Morgan fingerprint density at radius 2 is 1.58 bits per heavy atom. The lowest BCUT2D eigenvalue weighted by molar-refractivity contribution is 0.0800. The lowest BCUT2D eigenvalue weighted by Crippen LogP contribution is -2.48. The lowest BCUT2D eigenvalue weighted by atomic mass is 9.77. The van der Waals surface area contributed by atoms with Crippen LogP contribution >= 0.6 is 0 Å². The zero-order chi connectivity index (χ0) is 13.7. The average Bonchev–Trinajstić information content (AvgIpc) is 2.89. The van der Waals surface area contributed by atoms with Gasteiger partial charge in [0.25, 0.3) is 0 Å². The molecule has 2 nitrogen and oxygen atoms in total. The van der Waals surface area contributed by atoms with Crippen LogP contribution in [0.25, 0.3) is 0 Å². The maximum absolute atomic E-state index is 3.74. The molecule has 112 valence electrons. The van der Waals surface area contributed by atoms with Crippen LogP contribution in [0.15, 0.2) is 0 Å². The van der Waals surface area contributed by atoms with Gasteiger partial charge >= 0.3 is 0 Å². The normalized spacial score (nSPS) is 25.3. The Balaban J connectivity index is 1.71. The Labute approximate surface area is 120 Å². The highest BCUT2D eigenvalue weighted by atomic mass is 15.2. The molecule has 0 aromatic heterocycles. The molecule has 1 unspecified atom stereocenters. The summed E-state index contributed by atoms with van der Waals surface area (Å²) in [6.07, 6.45) is 11.4. The van der Waals surface area contributed by atoms with Crippen molar-refractivity contribution in [3.63, 3.8) is 0 Å². The first-order valence-corrected chi connectivity index (χ1v) is 8.66. The van der Waals surface area contributed by atoms with Crippen molar-refractivity contribution in [2.24, 2.45) is 5.41 Å². The summed E-state index contributed by atoms with van der Waals surface area (Å²) in [5.41, 5.74) is 0.763. The molecule has 1 heterocycles. The number of hydrogen-bond acceptors (Lipinski definition) is 2. The Bertz CT molecular complexity index is 244. The van der Waals surface area contributed by atoms with Gasteiger partial charge in [0.15, 0.2) is 0 Å². The summed E-state index contributed by atoms with van der Waals surface area (Å²) >= 11 is 0. The third-order valence-electron chi connectivity index (χ3n) is 5.83. The van der Waals surface area contributed by atoms with Crippen LogP contribution in [0.1, 0.15) is 72.1 Å². The van der Waals surface area contributed by atoms with E-state index in [1.807, 2.05) is 0 Å². The SMILES string of the molecule is CCC(CC)NCC(C)N1CCC2(CCCC2)CC1. The molecule has 1 saturated heterocycles. The molecular weight excluding hydrogens is 232 g/mol. The summed E-state index contributed by atoms with van der Waals surface area (Å²) in [6, 6.07) is 1.42. The molecule has 2 aliphatic rings. The molecular formula is C17H34N2. The summed E-state index contributed by atoms with van der Waals surface area (Å²) in [5.74, 6) is 0. The topological polar surface area (TPSA) is 15.3 Å². The van der Waals surface area contributed by atoms with Gasteiger partial charge in [0.05, 0.1) is 0 Å². The Morgan fingerprint density at radius 3 is 2.11 bits per heavy atom. The van der Waals surface area contributed by atoms with Crippen molar-refractivity contribution in [3.8, 4) is 0 Å². The zero-order valence-electron chi connectivity index (χ0n) is 13.4. The van der Waals surface area contributed by atoms with E-state index in [9.17, 15) is 0 Å². The quantitative estimate of drug-likeness (QED) is 0.786. The smallest absolute Gasteiger partial charge is 0.0192 e. The summed E-state index contributed by atoms with van der Waals surface area (Å²) in [7, 11) is 0. The lowest BCUT2D eigenvalue weighted by Gasteiger charge is -2.42. The van der Waals surface area contributed by atoms with Gasteiger partial charge in [0, 0.05) is 18.6 Å². The molecule has 0 aromatic carbocycles. The maximum atomic E-state index is 3.74. The number of piperidine rings is 1. The number of rotatable bonds is 6. The molecule has 1 N–H and O–H groups in total. The van der Waals surface area contributed by atoms with Crippen molar-refractivity contribution in [2.75, 3.05) is 19.6 Å². The van der Waals surface area contributed by atoms with Crippen LogP contribution in [0.2, 0.25) is 0 Å². The molecule has 0 bridgehead atoms. The van der Waals surface area contributed by atoms with Gasteiger partial charge < -0.3 is 5.32 Å². The molecule has 1 aliphatic carbocycles. The molecule has 0 amide bonds. The van der Waals surface area contributed by atoms with Crippen LogP contribution in [0.4, 0.5) is 0 Å². The highest BCUT2D eigenvalue weighted by molar-refractivity contribution is 4.91. The first-order chi connectivity index (χ1) is 9.19. The number of nitrogens with one attached hydrogen (secondary N) is 1. The van der Waals surface area contributed by atoms with Gasteiger partial charge in [-0.3, -0.25) is 4.90 Å². The largest absolute Gasteiger partial charge is 0.312 e. The van der Waals surface area contributed by atoms with E-state index in [0.717, 1.165) is 5.41 Å². The summed E-state index contributed by atoms with van der Waals surface area (Å²) in [6.45, 7) is 10.8. The standard InChI is InChI=1S/C17H34N2/c1-4-16(5-2)18-14-15(3)19-12-10-17(11-13-19)8-6-7-9-17/h15-16,18H,4-14H2,1-3H3. The highest BCUT2D eigenvalue weighted by Crippen LogP contribution is 2.46. The van der Waals surface area contributed by atoms with E-state index in [2.05, 4.69) is 31.0 Å². The van der Waals surface area contributed by atoms with Crippen molar-refractivity contribution in [1.29, 1.82) is 0 Å². The zero-order valence-corrected chi connectivity index (χ0v) is 13.4. The molecule has 0 aromatic rings. The van der Waals surface area contributed by atoms with Crippen molar-refractivity contribution in [2.45, 2.75) is 84.2 Å². The van der Waals surface area contributed by atoms with Crippen molar-refractivity contribution < 1.29 is 0 Å². The van der Waals surface area contributed by atoms with Gasteiger partial charge in [-0.1, -0.05) is 26.7 Å². The molecule has 0 radical (unpaired) electrons. The fraction of sp³-hybridized carbons (Fsp3) is 1.00. The summed E-state index contributed by atoms with van der Waals surface area (Å²) in [4.78, 5) is 2.72. The van der Waals surface area contributed by atoms with E-state index >= 15 is 0 Å². The number of likely N-dealkylation sites (tertiary alicyclic amines) is 1. The summed E-state index contributed by atoms with van der Waals surface area (Å²) in [5, 5.41) is 3.74. The van der Waals surface area contributed by atoms with Gasteiger partial charge in [0.2, 0.25) is 0 Å². The van der Waals surface area contributed by atoms with Crippen molar-refractivity contribution in [3.05, 3.63) is 0 Å². The third kappa shape index (κ3) is 3.95. The van der Waals surface area contributed by atoms with Gasteiger partial charge in [-0.25, -0.2) is 0 Å².